The van der Waals surface area contributed by atoms with Gasteiger partial charge in [0.2, 0.25) is 0 Å². The van der Waals surface area contributed by atoms with Crippen molar-refractivity contribution in [1.29, 1.82) is 0 Å². The Morgan fingerprint density at radius 3 is 2.45 bits per heavy atom. The number of carbonyl (C=O) groups is 3. The summed E-state index contributed by atoms with van der Waals surface area (Å²) in [6.45, 7) is 1.82. The largest absolute Gasteiger partial charge is 0.418 e. The molecule has 206 valence electrons. The number of rotatable bonds is 8. The highest BCUT2D eigenvalue weighted by Crippen LogP contribution is 2.35. The maximum Gasteiger partial charge on any atom is 0.418 e. The van der Waals surface area contributed by atoms with E-state index in [1.807, 2.05) is 0 Å². The summed E-state index contributed by atoms with van der Waals surface area (Å²) in [6, 6.07) is 4.70. The number of anilines is 1. The number of nitrogens with one attached hydrogen (secondary N) is 3. The molecule has 4 aromatic rings. The summed E-state index contributed by atoms with van der Waals surface area (Å²) in [5.74, 6) is -2.23. The maximum absolute atomic E-state index is 13.1. The van der Waals surface area contributed by atoms with E-state index >= 15 is 0 Å². The highest BCUT2D eigenvalue weighted by Gasteiger charge is 2.34. The molecule has 16 heteroatoms. The summed E-state index contributed by atoms with van der Waals surface area (Å²) >= 11 is 6.47. The van der Waals surface area contributed by atoms with Gasteiger partial charge in [-0.05, 0) is 24.6 Å². The number of alkyl halides is 3. The fourth-order valence-corrected chi connectivity index (χ4v) is 4.23. The molecule has 4 heterocycles. The molecule has 0 saturated carbocycles. The molecule has 3 N–H and O–H groups in total. The van der Waals surface area contributed by atoms with Gasteiger partial charge in [-0.15, -0.1) is 11.3 Å². The number of pyridine rings is 2. The van der Waals surface area contributed by atoms with E-state index in [1.165, 1.54) is 12.3 Å². The first-order valence-electron chi connectivity index (χ1n) is 11.3. The minimum Gasteiger partial charge on any atom is -0.347 e. The Morgan fingerprint density at radius 2 is 1.75 bits per heavy atom. The topological polar surface area (TPSA) is 152 Å². The van der Waals surface area contributed by atoms with Crippen molar-refractivity contribution in [1.82, 2.24) is 35.6 Å². The van der Waals surface area contributed by atoms with Gasteiger partial charge in [0.1, 0.15) is 33.4 Å². The lowest BCUT2D eigenvalue weighted by atomic mass is 10.2. The molecule has 0 aliphatic heterocycles. The standard InChI is InChI=1S/C24H18ClF3N8O3S/c1-12(23-32-10-18(40-23)22(39)36-19-5-14(24(26,27)28)15(25)9-30-19)35-21(38)17-6-16(33-11-34-17)20(37)31-8-13-3-2-4-29-7-13/h2-7,9-12H,8H2,1H3,(H,31,37)(H,35,38)(H,30,36,39)/t12-/m1/s1. The second-order valence-electron chi connectivity index (χ2n) is 8.09. The third-order valence-corrected chi connectivity index (χ3v) is 6.66. The van der Waals surface area contributed by atoms with Crippen LogP contribution in [0.5, 0.6) is 0 Å². The molecule has 0 fully saturated rings. The minimum absolute atomic E-state index is 0.0191. The van der Waals surface area contributed by atoms with Crippen LogP contribution < -0.4 is 16.0 Å². The van der Waals surface area contributed by atoms with Gasteiger partial charge < -0.3 is 16.0 Å². The van der Waals surface area contributed by atoms with Gasteiger partial charge in [0.15, 0.2) is 0 Å². The summed E-state index contributed by atoms with van der Waals surface area (Å²) in [6.07, 6.45) is 1.58. The smallest absolute Gasteiger partial charge is 0.347 e. The van der Waals surface area contributed by atoms with Crippen LogP contribution in [0.15, 0.2) is 55.4 Å². The summed E-state index contributed by atoms with van der Waals surface area (Å²) in [7, 11) is 0. The average molecular weight is 591 g/mol. The van der Waals surface area contributed by atoms with Crippen LogP contribution in [0.4, 0.5) is 19.0 Å². The molecule has 0 saturated heterocycles. The molecule has 3 amide bonds. The number of hydrogen-bond donors (Lipinski definition) is 3. The highest BCUT2D eigenvalue weighted by molar-refractivity contribution is 7.13. The van der Waals surface area contributed by atoms with E-state index < -0.39 is 40.5 Å². The number of halogens is 4. The number of amides is 3. The van der Waals surface area contributed by atoms with Crippen LogP contribution in [-0.2, 0) is 12.7 Å². The quantitative estimate of drug-likeness (QED) is 0.278. The molecule has 0 aliphatic rings. The summed E-state index contributed by atoms with van der Waals surface area (Å²) < 4.78 is 39.2. The van der Waals surface area contributed by atoms with Crippen molar-refractivity contribution in [3.05, 3.63) is 92.8 Å². The van der Waals surface area contributed by atoms with Crippen molar-refractivity contribution in [2.45, 2.75) is 25.7 Å². The van der Waals surface area contributed by atoms with Gasteiger partial charge in [-0.25, -0.2) is 19.9 Å². The van der Waals surface area contributed by atoms with E-state index in [4.69, 9.17) is 11.6 Å². The van der Waals surface area contributed by atoms with Gasteiger partial charge in [0.05, 0.1) is 22.8 Å². The number of carbonyl (C=O) groups excluding carboxylic acids is 3. The number of hydrogen-bond acceptors (Lipinski definition) is 9. The molecule has 0 bridgehead atoms. The fraction of sp³-hybridized carbons (Fsp3) is 0.167. The first kappa shape index (κ1) is 28.5. The number of aromatic nitrogens is 5. The minimum atomic E-state index is -4.72. The van der Waals surface area contributed by atoms with E-state index in [9.17, 15) is 27.6 Å². The van der Waals surface area contributed by atoms with Crippen LogP contribution in [0.3, 0.4) is 0 Å². The molecule has 0 radical (unpaired) electrons. The lowest BCUT2D eigenvalue weighted by Gasteiger charge is -2.11. The first-order chi connectivity index (χ1) is 19.0. The molecule has 4 rings (SSSR count). The highest BCUT2D eigenvalue weighted by atomic mass is 35.5. The van der Waals surface area contributed by atoms with Crippen molar-refractivity contribution >= 4 is 46.5 Å². The average Bonchev–Trinajstić information content (AvgIpc) is 3.44. The summed E-state index contributed by atoms with van der Waals surface area (Å²) in [5.41, 5.74) is -0.449. The van der Waals surface area contributed by atoms with E-state index in [-0.39, 0.29) is 28.6 Å². The molecule has 11 nitrogen and oxygen atoms in total. The third kappa shape index (κ3) is 7.12. The zero-order valence-corrected chi connectivity index (χ0v) is 21.9. The van der Waals surface area contributed by atoms with Crippen LogP contribution in [-0.4, -0.2) is 42.6 Å². The Balaban J connectivity index is 1.37. The predicted molar refractivity (Wildman–Crippen MR) is 138 cm³/mol. The van der Waals surface area contributed by atoms with Crippen LogP contribution >= 0.6 is 22.9 Å². The Labute approximate surface area is 233 Å². The van der Waals surface area contributed by atoms with E-state index in [0.717, 1.165) is 29.4 Å². The van der Waals surface area contributed by atoms with Crippen molar-refractivity contribution in [2.24, 2.45) is 0 Å². The monoisotopic (exact) mass is 590 g/mol. The molecule has 0 unspecified atom stereocenters. The Hall–Kier alpha value is -4.50. The second kappa shape index (κ2) is 12.1. The number of thiazole rings is 1. The van der Waals surface area contributed by atoms with Gasteiger partial charge >= 0.3 is 6.18 Å². The van der Waals surface area contributed by atoms with Gasteiger partial charge in [-0.1, -0.05) is 17.7 Å². The van der Waals surface area contributed by atoms with Crippen molar-refractivity contribution in [3.8, 4) is 0 Å². The molecule has 1 atom stereocenters. The van der Waals surface area contributed by atoms with Gasteiger partial charge in [0, 0.05) is 31.2 Å². The molecular weight excluding hydrogens is 573 g/mol. The first-order valence-corrected chi connectivity index (χ1v) is 12.5. The maximum atomic E-state index is 13.1. The zero-order valence-electron chi connectivity index (χ0n) is 20.4. The third-order valence-electron chi connectivity index (χ3n) is 5.18. The summed E-state index contributed by atoms with van der Waals surface area (Å²) in [4.78, 5) is 57.4. The van der Waals surface area contributed by atoms with Crippen LogP contribution in [0.1, 0.15) is 59.7 Å². The lowest BCUT2D eigenvalue weighted by molar-refractivity contribution is -0.137. The molecule has 0 spiro atoms. The fourth-order valence-electron chi connectivity index (χ4n) is 3.21. The molecule has 0 aromatic carbocycles. The van der Waals surface area contributed by atoms with Gasteiger partial charge in [0.25, 0.3) is 17.7 Å². The van der Waals surface area contributed by atoms with Crippen molar-refractivity contribution in [2.75, 3.05) is 5.32 Å². The zero-order chi connectivity index (χ0) is 28.9. The van der Waals surface area contributed by atoms with Crippen molar-refractivity contribution in [3.63, 3.8) is 0 Å². The van der Waals surface area contributed by atoms with Crippen LogP contribution in [0.2, 0.25) is 5.02 Å². The predicted octanol–water partition coefficient (Wildman–Crippen LogP) is 4.07. The molecule has 0 aliphatic carbocycles. The lowest BCUT2D eigenvalue weighted by Crippen LogP contribution is -2.29. The molecule has 4 aromatic heterocycles. The Bertz CT molecular complexity index is 1550. The van der Waals surface area contributed by atoms with Crippen LogP contribution in [0, 0.1) is 0 Å². The van der Waals surface area contributed by atoms with E-state index in [0.29, 0.717) is 11.1 Å². The second-order valence-corrected chi connectivity index (χ2v) is 9.56. The van der Waals surface area contributed by atoms with Crippen LogP contribution in [0.25, 0.3) is 0 Å². The molecular formula is C24H18ClF3N8O3S. The molecule has 40 heavy (non-hydrogen) atoms. The Morgan fingerprint density at radius 1 is 1.00 bits per heavy atom. The SMILES string of the molecule is C[C@@H](NC(=O)c1cc(C(=O)NCc2cccnc2)ncn1)c1ncc(C(=O)Nc2cc(C(F)(F)F)c(Cl)cn2)s1. The van der Waals surface area contributed by atoms with E-state index in [1.54, 1.807) is 31.5 Å². The Kier molecular flexibility index (Phi) is 8.64. The van der Waals surface area contributed by atoms with Gasteiger partial charge in [-0.3, -0.25) is 19.4 Å². The van der Waals surface area contributed by atoms with Crippen molar-refractivity contribution < 1.29 is 27.6 Å². The van der Waals surface area contributed by atoms with Gasteiger partial charge in [-0.2, -0.15) is 13.2 Å². The van der Waals surface area contributed by atoms with E-state index in [2.05, 4.69) is 40.9 Å². The number of nitrogens with zero attached hydrogens (tertiary/aromatic N) is 5. The summed E-state index contributed by atoms with van der Waals surface area (Å²) in [5, 5.41) is 7.35. The normalized spacial score (nSPS) is 11.9.